The van der Waals surface area contributed by atoms with Gasteiger partial charge in [0.2, 0.25) is 0 Å². The molecule has 0 spiro atoms. The summed E-state index contributed by atoms with van der Waals surface area (Å²) in [5.41, 5.74) is 0. The highest BCUT2D eigenvalue weighted by Crippen LogP contribution is 2.32. The summed E-state index contributed by atoms with van der Waals surface area (Å²) < 4.78 is 4.95. The van der Waals surface area contributed by atoms with Gasteiger partial charge in [0, 0.05) is 0 Å². The quantitative estimate of drug-likeness (QED) is 0.501. The van der Waals surface area contributed by atoms with Crippen LogP contribution in [0.3, 0.4) is 0 Å². The Balaban J connectivity index is 2.20. The summed E-state index contributed by atoms with van der Waals surface area (Å²) >= 11 is 0. The summed E-state index contributed by atoms with van der Waals surface area (Å²) in [5.74, 6) is 0. The molecule has 66 valence electrons. The van der Waals surface area contributed by atoms with Crippen molar-refractivity contribution < 1.29 is 14.3 Å². The monoisotopic (exact) mass is 178 g/mol. The van der Waals surface area contributed by atoms with Gasteiger partial charge in [-0.1, -0.05) is 25.7 Å². The Morgan fingerprint density at radius 3 is 2.00 bits per heavy atom. The molecular weight excluding hydrogens is 163 g/mol. The molecule has 0 aromatic rings. The van der Waals surface area contributed by atoms with Crippen LogP contribution in [-0.4, -0.2) is 15.9 Å². The molecule has 1 aliphatic rings. The summed E-state index contributed by atoms with van der Waals surface area (Å²) in [4.78, 5) is 17.2. The highest BCUT2D eigenvalue weighted by atomic mass is 31.2. The van der Waals surface area contributed by atoms with E-state index in [1.807, 2.05) is 0 Å². The molecule has 1 aliphatic carbocycles. The lowest BCUT2D eigenvalue weighted by molar-refractivity contribution is 0.156. The fourth-order valence-corrected chi connectivity index (χ4v) is 1.96. The molecule has 0 amide bonds. The maximum atomic E-state index is 8.59. The van der Waals surface area contributed by atoms with Gasteiger partial charge >= 0.3 is 8.60 Å². The molecule has 1 saturated carbocycles. The number of hydrogen-bond acceptors (Lipinski definition) is 3. The first-order valence-electron chi connectivity index (χ1n) is 4.13. The minimum atomic E-state index is -2.14. The van der Waals surface area contributed by atoms with Crippen LogP contribution < -0.4 is 0 Å². The molecule has 0 atom stereocenters. The van der Waals surface area contributed by atoms with E-state index in [9.17, 15) is 0 Å². The van der Waals surface area contributed by atoms with E-state index >= 15 is 0 Å². The van der Waals surface area contributed by atoms with Crippen molar-refractivity contribution in [1.29, 1.82) is 0 Å². The Hall–Kier alpha value is 0.310. The zero-order valence-electron chi connectivity index (χ0n) is 6.57. The van der Waals surface area contributed by atoms with Crippen LogP contribution in [0.4, 0.5) is 0 Å². The van der Waals surface area contributed by atoms with Gasteiger partial charge in [-0.15, -0.1) is 0 Å². The van der Waals surface area contributed by atoms with Crippen LogP contribution in [0.5, 0.6) is 0 Å². The van der Waals surface area contributed by atoms with Crippen LogP contribution in [0.1, 0.15) is 38.5 Å². The molecule has 3 nitrogen and oxygen atoms in total. The van der Waals surface area contributed by atoms with Crippen LogP contribution in [0.2, 0.25) is 0 Å². The van der Waals surface area contributed by atoms with Gasteiger partial charge in [-0.2, -0.15) is 0 Å². The molecule has 0 radical (unpaired) electrons. The first kappa shape index (κ1) is 9.40. The molecule has 4 heteroatoms. The fraction of sp³-hybridized carbons (Fsp3) is 1.00. The summed E-state index contributed by atoms with van der Waals surface area (Å²) in [6, 6.07) is 0. The van der Waals surface area contributed by atoms with E-state index in [0.29, 0.717) is 0 Å². The maximum Gasteiger partial charge on any atom is 0.327 e. The predicted molar refractivity (Wildman–Crippen MR) is 43.9 cm³/mol. The van der Waals surface area contributed by atoms with E-state index in [2.05, 4.69) is 0 Å². The van der Waals surface area contributed by atoms with Gasteiger partial charge < -0.3 is 14.3 Å². The summed E-state index contributed by atoms with van der Waals surface area (Å²) in [6.45, 7) is 0. The summed E-state index contributed by atoms with van der Waals surface area (Å²) in [7, 11) is -2.14. The molecule has 0 aromatic carbocycles. The lowest BCUT2D eigenvalue weighted by Gasteiger charge is -2.14. The normalized spacial score (nSPS) is 22.1. The Labute approximate surface area is 68.4 Å². The molecule has 1 fully saturated rings. The van der Waals surface area contributed by atoms with Gasteiger partial charge in [-0.25, -0.2) is 0 Å². The topological polar surface area (TPSA) is 49.7 Å². The van der Waals surface area contributed by atoms with E-state index in [1.54, 1.807) is 0 Å². The molecule has 0 bridgehead atoms. The first-order chi connectivity index (χ1) is 5.29. The molecular formula is C7H15O3P. The number of rotatable bonds is 2. The van der Waals surface area contributed by atoms with Crippen molar-refractivity contribution in [3.63, 3.8) is 0 Å². The third-order valence-corrected chi connectivity index (χ3v) is 2.53. The zero-order valence-corrected chi connectivity index (χ0v) is 7.46. The van der Waals surface area contributed by atoms with Gasteiger partial charge in [0.25, 0.3) is 0 Å². The van der Waals surface area contributed by atoms with Gasteiger partial charge in [-0.3, -0.25) is 0 Å². The smallest absolute Gasteiger partial charge is 0.327 e. The van der Waals surface area contributed by atoms with Crippen molar-refractivity contribution in [2.45, 2.75) is 44.6 Å². The van der Waals surface area contributed by atoms with Crippen molar-refractivity contribution in [3.8, 4) is 0 Å². The van der Waals surface area contributed by atoms with Crippen molar-refractivity contribution in [1.82, 2.24) is 0 Å². The van der Waals surface area contributed by atoms with Crippen LogP contribution in [-0.2, 0) is 4.52 Å². The Kier molecular flexibility index (Phi) is 4.31. The second kappa shape index (κ2) is 5.04. The highest BCUT2D eigenvalue weighted by Gasteiger charge is 2.15. The fourth-order valence-electron chi connectivity index (χ4n) is 1.48. The van der Waals surface area contributed by atoms with Gasteiger partial charge in [0.05, 0.1) is 6.10 Å². The molecule has 1 rings (SSSR count). The van der Waals surface area contributed by atoms with Gasteiger partial charge in [-0.05, 0) is 12.8 Å². The third kappa shape index (κ3) is 4.02. The molecule has 0 aromatic heterocycles. The summed E-state index contributed by atoms with van der Waals surface area (Å²) in [5, 5.41) is 0. The van der Waals surface area contributed by atoms with E-state index < -0.39 is 8.60 Å². The minimum Gasteiger partial charge on any atom is -0.328 e. The van der Waals surface area contributed by atoms with Crippen molar-refractivity contribution in [2.24, 2.45) is 0 Å². The number of hydrogen-bond donors (Lipinski definition) is 2. The molecule has 0 saturated heterocycles. The predicted octanol–water partition coefficient (Wildman–Crippen LogP) is 1.94. The minimum absolute atomic E-state index is 0.0959. The highest BCUT2D eigenvalue weighted by molar-refractivity contribution is 7.39. The second-order valence-corrected chi connectivity index (χ2v) is 3.69. The summed E-state index contributed by atoms with van der Waals surface area (Å²) in [6.07, 6.45) is 6.91. The molecule has 11 heavy (non-hydrogen) atoms. The lowest BCUT2D eigenvalue weighted by Crippen LogP contribution is -2.07. The molecule has 2 N–H and O–H groups in total. The van der Waals surface area contributed by atoms with E-state index in [4.69, 9.17) is 14.3 Å². The van der Waals surface area contributed by atoms with Crippen molar-refractivity contribution in [2.75, 3.05) is 0 Å². The second-order valence-electron chi connectivity index (χ2n) is 2.97. The molecule has 0 aliphatic heterocycles. The molecule has 0 heterocycles. The average Bonchev–Trinajstić information content (AvgIpc) is 2.14. The van der Waals surface area contributed by atoms with E-state index in [-0.39, 0.29) is 6.10 Å². The largest absolute Gasteiger partial charge is 0.328 e. The van der Waals surface area contributed by atoms with Crippen LogP contribution in [0, 0.1) is 0 Å². The van der Waals surface area contributed by atoms with Crippen LogP contribution in [0.25, 0.3) is 0 Å². The Bertz CT molecular complexity index is 99.9. The lowest BCUT2D eigenvalue weighted by atomic mass is 10.2. The van der Waals surface area contributed by atoms with Crippen molar-refractivity contribution in [3.05, 3.63) is 0 Å². The van der Waals surface area contributed by atoms with E-state index in [1.165, 1.54) is 12.8 Å². The standard InChI is InChI=1S/C7H15O3P/c8-11(9)10-7-5-3-1-2-4-6-7/h7-9H,1-6H2. The van der Waals surface area contributed by atoms with Gasteiger partial charge in [0.15, 0.2) is 0 Å². The van der Waals surface area contributed by atoms with Gasteiger partial charge in [0.1, 0.15) is 0 Å². The van der Waals surface area contributed by atoms with E-state index in [0.717, 1.165) is 25.7 Å². The Morgan fingerprint density at radius 1 is 1.00 bits per heavy atom. The zero-order chi connectivity index (χ0) is 8.10. The van der Waals surface area contributed by atoms with Crippen molar-refractivity contribution >= 4 is 8.60 Å². The first-order valence-corrected chi connectivity index (χ1v) is 5.30. The van der Waals surface area contributed by atoms with Crippen LogP contribution in [0.15, 0.2) is 0 Å². The maximum absolute atomic E-state index is 8.59. The SMILES string of the molecule is OP(O)OC1CCCCCC1. The molecule has 0 unspecified atom stereocenters. The average molecular weight is 178 g/mol. The third-order valence-electron chi connectivity index (χ3n) is 2.05. The Morgan fingerprint density at radius 2 is 1.55 bits per heavy atom. The van der Waals surface area contributed by atoms with Crippen LogP contribution >= 0.6 is 8.60 Å².